The Balaban J connectivity index is 2.45. The molecule has 6 heteroatoms. The molecule has 2 aromatic rings. The molecule has 0 atom stereocenters. The predicted molar refractivity (Wildman–Crippen MR) is 65.0 cm³/mol. The summed E-state index contributed by atoms with van der Waals surface area (Å²) in [4.78, 5) is 14.8. The molecule has 18 heavy (non-hydrogen) atoms. The van der Waals surface area contributed by atoms with Gasteiger partial charge in [-0.2, -0.15) is 0 Å². The smallest absolute Gasteiger partial charge is 0.309 e. The second-order valence-electron chi connectivity index (χ2n) is 3.81. The summed E-state index contributed by atoms with van der Waals surface area (Å²) < 4.78 is 14.4. The zero-order valence-electron chi connectivity index (χ0n) is 9.52. The van der Waals surface area contributed by atoms with Crippen LogP contribution in [0, 0.1) is 5.82 Å². The van der Waals surface area contributed by atoms with Gasteiger partial charge in [-0.1, -0.05) is 11.6 Å². The fourth-order valence-corrected chi connectivity index (χ4v) is 1.84. The van der Waals surface area contributed by atoms with E-state index in [2.05, 4.69) is 4.98 Å². The highest BCUT2D eigenvalue weighted by atomic mass is 35.5. The summed E-state index contributed by atoms with van der Waals surface area (Å²) in [5.41, 5.74) is 0.975. The third-order valence-electron chi connectivity index (χ3n) is 2.51. The normalized spacial score (nSPS) is 10.6. The Hall–Kier alpha value is -1.88. The van der Waals surface area contributed by atoms with Crippen LogP contribution < -0.4 is 0 Å². The zero-order valence-corrected chi connectivity index (χ0v) is 10.3. The van der Waals surface area contributed by atoms with E-state index in [-0.39, 0.29) is 17.4 Å². The fourth-order valence-electron chi connectivity index (χ4n) is 1.65. The Morgan fingerprint density at radius 3 is 2.61 bits per heavy atom. The number of hydrogen-bond acceptors (Lipinski definition) is 2. The molecule has 94 valence electrons. The molecule has 0 spiro atoms. The number of halogens is 2. The molecule has 0 aliphatic rings. The number of hydrogen-bond donors (Lipinski definition) is 1. The van der Waals surface area contributed by atoms with Crippen LogP contribution in [-0.2, 0) is 18.3 Å². The van der Waals surface area contributed by atoms with Crippen molar-refractivity contribution in [2.45, 2.75) is 6.42 Å². The first-order chi connectivity index (χ1) is 8.49. The molecular formula is C12H10ClFN2O2. The molecule has 0 saturated heterocycles. The summed E-state index contributed by atoms with van der Waals surface area (Å²) in [5.74, 6) is -0.832. The van der Waals surface area contributed by atoms with Crippen LogP contribution in [0.3, 0.4) is 0 Å². The number of nitrogens with zero attached hydrogens (tertiary/aromatic N) is 2. The van der Waals surface area contributed by atoms with E-state index in [4.69, 9.17) is 16.7 Å². The van der Waals surface area contributed by atoms with Crippen LogP contribution in [0.15, 0.2) is 24.3 Å². The molecule has 1 aromatic carbocycles. The summed E-state index contributed by atoms with van der Waals surface area (Å²) in [5, 5.41) is 9.02. The lowest BCUT2D eigenvalue weighted by Gasteiger charge is -2.01. The molecule has 0 bridgehead atoms. The maximum Gasteiger partial charge on any atom is 0.309 e. The van der Waals surface area contributed by atoms with Crippen molar-refractivity contribution in [2.75, 3.05) is 0 Å². The maximum atomic E-state index is 12.8. The molecule has 4 nitrogen and oxygen atoms in total. The second-order valence-corrected chi connectivity index (χ2v) is 4.17. The zero-order chi connectivity index (χ0) is 13.3. The minimum absolute atomic E-state index is 0.242. The molecule has 0 aliphatic heterocycles. The van der Waals surface area contributed by atoms with E-state index < -0.39 is 5.97 Å². The summed E-state index contributed by atoms with van der Waals surface area (Å²) in [6, 6.07) is 5.76. The minimum atomic E-state index is -0.999. The van der Waals surface area contributed by atoms with E-state index in [0.717, 1.165) is 0 Å². The average Bonchev–Trinajstić information content (AvgIpc) is 2.58. The Labute approximate surface area is 108 Å². The van der Waals surface area contributed by atoms with Crippen molar-refractivity contribution in [1.29, 1.82) is 0 Å². The largest absolute Gasteiger partial charge is 0.481 e. The molecular weight excluding hydrogens is 259 g/mol. The lowest BCUT2D eigenvalue weighted by molar-refractivity contribution is -0.136. The number of carbonyl (C=O) groups is 1. The van der Waals surface area contributed by atoms with E-state index >= 15 is 0 Å². The first kappa shape index (κ1) is 12.6. The van der Waals surface area contributed by atoms with Gasteiger partial charge in [0.15, 0.2) is 0 Å². The van der Waals surface area contributed by atoms with Gasteiger partial charge in [0.25, 0.3) is 0 Å². The van der Waals surface area contributed by atoms with Crippen LogP contribution in [0.5, 0.6) is 0 Å². The van der Waals surface area contributed by atoms with Crippen molar-refractivity contribution in [3.05, 3.63) is 40.9 Å². The van der Waals surface area contributed by atoms with Gasteiger partial charge in [-0.15, -0.1) is 0 Å². The second kappa shape index (κ2) is 4.78. The highest BCUT2D eigenvalue weighted by Gasteiger charge is 2.16. The van der Waals surface area contributed by atoms with Gasteiger partial charge in [-0.25, -0.2) is 9.37 Å². The van der Waals surface area contributed by atoms with Crippen molar-refractivity contribution in [3.63, 3.8) is 0 Å². The SMILES string of the molecule is Cn1c(-c2ccc(F)cc2)nc(CC(=O)O)c1Cl. The predicted octanol–water partition coefficient (Wildman–Crippen LogP) is 2.51. The van der Waals surface area contributed by atoms with Crippen LogP contribution in [0.4, 0.5) is 4.39 Å². The van der Waals surface area contributed by atoms with Gasteiger partial charge in [0, 0.05) is 12.6 Å². The Bertz CT molecular complexity index is 593. The molecule has 1 N–H and O–H groups in total. The van der Waals surface area contributed by atoms with Gasteiger partial charge >= 0.3 is 5.97 Å². The monoisotopic (exact) mass is 268 g/mol. The molecule has 0 fully saturated rings. The van der Waals surface area contributed by atoms with E-state index in [1.165, 1.54) is 12.1 Å². The molecule has 0 unspecified atom stereocenters. The van der Waals surface area contributed by atoms with Crippen molar-refractivity contribution in [2.24, 2.45) is 7.05 Å². The number of rotatable bonds is 3. The first-order valence-corrected chi connectivity index (χ1v) is 5.55. The Morgan fingerprint density at radius 2 is 2.06 bits per heavy atom. The Kier molecular flexibility index (Phi) is 3.34. The van der Waals surface area contributed by atoms with Crippen LogP contribution in [-0.4, -0.2) is 20.6 Å². The van der Waals surface area contributed by atoms with E-state index in [1.54, 1.807) is 23.7 Å². The summed E-state index contributed by atoms with van der Waals surface area (Å²) in [6.45, 7) is 0. The minimum Gasteiger partial charge on any atom is -0.481 e. The number of imidazole rings is 1. The number of carboxylic acid groups (broad SMARTS) is 1. The highest BCUT2D eigenvalue weighted by Crippen LogP contribution is 2.25. The number of aliphatic carboxylic acids is 1. The number of carboxylic acids is 1. The quantitative estimate of drug-likeness (QED) is 0.931. The Morgan fingerprint density at radius 1 is 1.44 bits per heavy atom. The summed E-state index contributed by atoms with van der Waals surface area (Å²) in [6.07, 6.45) is -0.242. The molecule has 0 radical (unpaired) electrons. The van der Waals surface area contributed by atoms with Gasteiger partial charge in [0.1, 0.15) is 16.8 Å². The third-order valence-corrected chi connectivity index (χ3v) is 2.98. The molecule has 2 rings (SSSR count). The topological polar surface area (TPSA) is 55.1 Å². The average molecular weight is 269 g/mol. The van der Waals surface area contributed by atoms with Crippen molar-refractivity contribution in [1.82, 2.24) is 9.55 Å². The van der Waals surface area contributed by atoms with E-state index in [9.17, 15) is 9.18 Å². The van der Waals surface area contributed by atoms with Crippen molar-refractivity contribution >= 4 is 17.6 Å². The van der Waals surface area contributed by atoms with E-state index in [1.807, 2.05) is 0 Å². The lowest BCUT2D eigenvalue weighted by Crippen LogP contribution is -2.01. The molecule has 0 amide bonds. The van der Waals surface area contributed by atoms with Crippen LogP contribution in [0.25, 0.3) is 11.4 Å². The third kappa shape index (κ3) is 2.36. The summed E-state index contributed by atoms with van der Waals surface area (Å²) >= 11 is 6.00. The first-order valence-electron chi connectivity index (χ1n) is 5.18. The van der Waals surface area contributed by atoms with Gasteiger partial charge < -0.3 is 9.67 Å². The van der Waals surface area contributed by atoms with Crippen molar-refractivity contribution < 1.29 is 14.3 Å². The number of aromatic nitrogens is 2. The molecule has 1 heterocycles. The van der Waals surface area contributed by atoms with Crippen LogP contribution in [0.1, 0.15) is 5.69 Å². The fraction of sp³-hybridized carbons (Fsp3) is 0.167. The maximum absolute atomic E-state index is 12.8. The number of benzene rings is 1. The standard InChI is InChI=1S/C12H10ClFN2O2/c1-16-11(13)9(6-10(17)18)15-12(16)7-2-4-8(14)5-3-7/h2-5H,6H2,1H3,(H,17,18). The molecule has 0 saturated carbocycles. The van der Waals surface area contributed by atoms with Gasteiger partial charge in [-0.05, 0) is 24.3 Å². The van der Waals surface area contributed by atoms with Crippen LogP contribution >= 0.6 is 11.6 Å². The highest BCUT2D eigenvalue weighted by molar-refractivity contribution is 6.30. The lowest BCUT2D eigenvalue weighted by atomic mass is 10.2. The van der Waals surface area contributed by atoms with Crippen molar-refractivity contribution in [3.8, 4) is 11.4 Å². The van der Waals surface area contributed by atoms with E-state index in [0.29, 0.717) is 17.1 Å². The van der Waals surface area contributed by atoms with Gasteiger partial charge in [-0.3, -0.25) is 4.79 Å². The molecule has 0 aliphatic carbocycles. The molecule has 1 aromatic heterocycles. The van der Waals surface area contributed by atoms with Gasteiger partial charge in [0.05, 0.1) is 12.1 Å². The van der Waals surface area contributed by atoms with Gasteiger partial charge in [0.2, 0.25) is 0 Å². The van der Waals surface area contributed by atoms with Crippen LogP contribution in [0.2, 0.25) is 5.15 Å². The summed E-state index contributed by atoms with van der Waals surface area (Å²) in [7, 11) is 1.68.